The van der Waals surface area contributed by atoms with E-state index in [1.807, 2.05) is 41.5 Å². The minimum Gasteiger partial charge on any atom is -0.257 e. The average molecular weight is 885 g/mol. The topological polar surface area (TPSA) is 44.8 Å². The van der Waals surface area contributed by atoms with Crippen molar-refractivity contribution in [2.24, 2.45) is 16.2 Å². The average Bonchev–Trinajstić information content (AvgIpc) is 2.51. The molecule has 4 nitrogen and oxygen atoms in total. The van der Waals surface area contributed by atoms with Crippen molar-refractivity contribution in [3.8, 4) is 0 Å². The van der Waals surface area contributed by atoms with Gasteiger partial charge in [-0.15, -0.1) is 34.8 Å². The van der Waals surface area contributed by atoms with E-state index in [2.05, 4.69) is 95.6 Å². The highest BCUT2D eigenvalue weighted by Crippen LogP contribution is 2.69. The van der Waals surface area contributed by atoms with Crippen LogP contribution in [0.25, 0.3) is 0 Å². The molecule has 0 atom stereocenters. The van der Waals surface area contributed by atoms with Gasteiger partial charge in [0.25, 0.3) is 0 Å². The number of phosphoric acid groups is 1. The van der Waals surface area contributed by atoms with Crippen LogP contribution in [0.15, 0.2) is 0 Å². The Labute approximate surface area is 239 Å². The number of rotatable bonds is 12. The molecule has 0 heterocycles. The molecule has 0 saturated carbocycles. The number of phosphoric ester groups is 1. The van der Waals surface area contributed by atoms with Crippen LogP contribution in [0.4, 0.5) is 0 Å². The van der Waals surface area contributed by atoms with E-state index in [1.165, 1.54) is 0 Å². The minimum atomic E-state index is -4.37. The van der Waals surface area contributed by atoms with Crippen LogP contribution in [0.2, 0.25) is 0 Å². The Kier molecular flexibility index (Phi) is 12.8. The van der Waals surface area contributed by atoms with Crippen LogP contribution in [-0.4, -0.2) is 27.9 Å². The molecule has 0 saturated heterocycles. The monoisotopic (exact) mass is 878 g/mol. The molecule has 0 N–H and O–H groups in total. The molecule has 176 valence electrons. The summed E-state index contributed by atoms with van der Waals surface area (Å²) in [5.41, 5.74) is -2.16. The van der Waals surface area contributed by atoms with E-state index in [-0.39, 0.29) is 17.6 Å². The number of halogens is 9. The van der Waals surface area contributed by atoms with E-state index in [0.29, 0.717) is 0 Å². The Hall–Kier alpha value is 3.86. The van der Waals surface area contributed by atoms with E-state index in [9.17, 15) is 4.57 Å². The van der Waals surface area contributed by atoms with Gasteiger partial charge in [0.05, 0.1) is 0 Å². The third-order valence-electron chi connectivity index (χ3n) is 4.05. The molecule has 0 spiro atoms. The van der Waals surface area contributed by atoms with Crippen molar-refractivity contribution >= 4 is 138 Å². The maximum atomic E-state index is 14.0. The van der Waals surface area contributed by atoms with Gasteiger partial charge in [-0.2, -0.15) is 0 Å². The number of hydrogen-bond acceptors (Lipinski definition) is 4. The van der Waals surface area contributed by atoms with Crippen molar-refractivity contribution in [3.63, 3.8) is 0 Å². The second-order valence-corrected chi connectivity index (χ2v) is 20.5. The molecule has 0 aliphatic rings. The summed E-state index contributed by atoms with van der Waals surface area (Å²) >= 11 is 38.7. The lowest BCUT2D eigenvalue weighted by molar-refractivity contribution is 0.00883. The van der Waals surface area contributed by atoms with Crippen LogP contribution in [0.1, 0.15) is 41.5 Å². The molecule has 0 aliphatic carbocycles. The predicted octanol–water partition coefficient (Wildman–Crippen LogP) is 10.3. The fourth-order valence-electron chi connectivity index (χ4n) is 1.08. The number of alkyl halides is 9. The molecule has 0 aromatic carbocycles. The normalized spacial score (nSPS) is 15.7. The Balaban J connectivity index is 6.31. The van der Waals surface area contributed by atoms with Crippen LogP contribution >= 0.6 is 138 Å². The first-order valence-corrected chi connectivity index (χ1v) is 15.9. The third kappa shape index (κ3) is 8.49. The van der Waals surface area contributed by atoms with E-state index in [0.717, 1.165) is 0 Å². The fourth-order valence-corrected chi connectivity index (χ4v) is 8.34. The Bertz CT molecular complexity index is 536. The number of hydrogen-bond donors (Lipinski definition) is 0. The van der Waals surface area contributed by atoms with Gasteiger partial charge in [-0.1, -0.05) is 41.5 Å². The zero-order valence-corrected chi connectivity index (χ0v) is 29.3. The molecule has 0 radical (unpaired) electrons. The van der Waals surface area contributed by atoms with Gasteiger partial charge < -0.3 is 0 Å². The molecule has 0 amide bonds. The van der Waals surface area contributed by atoms with Gasteiger partial charge in [0.15, 0.2) is 10.3 Å². The zero-order valence-electron chi connectivity index (χ0n) is 16.6. The maximum absolute atomic E-state index is 14.0. The highest BCUT2D eigenvalue weighted by Gasteiger charge is 2.57. The van der Waals surface area contributed by atoms with Crippen LogP contribution in [0.5, 0.6) is 0 Å². The summed E-state index contributed by atoms with van der Waals surface area (Å²) in [4.78, 5) is 0. The first kappa shape index (κ1) is 32.9. The summed E-state index contributed by atoms with van der Waals surface area (Å²) in [7, 11) is -4.37. The molecule has 0 aromatic heterocycles. The van der Waals surface area contributed by atoms with Crippen LogP contribution in [0.3, 0.4) is 0 Å². The van der Waals surface area contributed by atoms with Crippen molar-refractivity contribution in [1.82, 2.24) is 0 Å². The summed E-state index contributed by atoms with van der Waals surface area (Å²) in [6.07, 6.45) is 0. The van der Waals surface area contributed by atoms with Crippen molar-refractivity contribution in [3.05, 3.63) is 0 Å². The Morgan fingerprint density at radius 2 is 0.759 bits per heavy atom. The highest BCUT2D eigenvalue weighted by atomic mass is 79.9. The smallest absolute Gasteiger partial charge is 0.257 e. The summed E-state index contributed by atoms with van der Waals surface area (Å²) in [5.74, 6) is 0.516. The van der Waals surface area contributed by atoms with E-state index in [1.54, 1.807) is 0 Å². The summed E-state index contributed by atoms with van der Waals surface area (Å²) < 4.78 is 27.6. The molecule has 0 aliphatic heterocycles. The second-order valence-electron chi connectivity index (χ2n) is 8.32. The molecule has 29 heavy (non-hydrogen) atoms. The predicted molar refractivity (Wildman–Crippen MR) is 146 cm³/mol. The van der Waals surface area contributed by atoms with Crippen molar-refractivity contribution < 1.29 is 18.1 Å². The zero-order chi connectivity index (χ0) is 23.7. The van der Waals surface area contributed by atoms with Crippen molar-refractivity contribution in [2.45, 2.75) is 51.8 Å². The van der Waals surface area contributed by atoms with E-state index in [4.69, 9.17) is 48.4 Å². The Morgan fingerprint density at radius 3 is 0.897 bits per heavy atom. The molecule has 0 bridgehead atoms. The van der Waals surface area contributed by atoms with Gasteiger partial charge in [0.1, 0.15) is 0 Å². The van der Waals surface area contributed by atoms with Crippen LogP contribution in [-0.2, 0) is 18.1 Å². The lowest BCUT2D eigenvalue weighted by Gasteiger charge is -2.44. The standard InChI is InChI=1S/C15H24Br6Cl3O4P/c1-10(2,7-22)13(16,17)26-29(25,27-14(18,19)11(3,4)8-23)28-15(20,21)12(5,6)9-24/h7-9H2,1-6H3. The lowest BCUT2D eigenvalue weighted by Crippen LogP contribution is -2.43. The van der Waals surface area contributed by atoms with E-state index >= 15 is 0 Å². The van der Waals surface area contributed by atoms with Gasteiger partial charge >= 0.3 is 7.82 Å². The van der Waals surface area contributed by atoms with Crippen molar-refractivity contribution in [1.29, 1.82) is 0 Å². The molecule has 0 aromatic rings. The molecule has 0 rings (SSSR count). The maximum Gasteiger partial charge on any atom is 0.481 e. The molecular weight excluding hydrogens is 861 g/mol. The quantitative estimate of drug-likeness (QED) is 0.145. The Morgan fingerprint density at radius 1 is 0.586 bits per heavy atom. The third-order valence-corrected chi connectivity index (χ3v) is 16.5. The first-order valence-electron chi connectivity index (χ1n) is 8.09. The fraction of sp³-hybridized carbons (Fsp3) is 1.00. The van der Waals surface area contributed by atoms with Gasteiger partial charge in [-0.05, 0) is 95.6 Å². The molecule has 14 heteroatoms. The summed E-state index contributed by atoms with van der Waals surface area (Å²) in [6, 6.07) is 0. The molecule has 0 fully saturated rings. The van der Waals surface area contributed by atoms with Gasteiger partial charge in [0, 0.05) is 33.9 Å². The van der Waals surface area contributed by atoms with Gasteiger partial charge in [-0.3, -0.25) is 13.6 Å². The summed E-state index contributed by atoms with van der Waals surface area (Å²) in [6.45, 7) is 10.9. The van der Waals surface area contributed by atoms with Crippen molar-refractivity contribution in [2.75, 3.05) is 17.6 Å². The minimum absolute atomic E-state index is 0.172. The first-order chi connectivity index (χ1) is 12.6. The largest absolute Gasteiger partial charge is 0.481 e. The lowest BCUT2D eigenvalue weighted by atomic mass is 9.98. The van der Waals surface area contributed by atoms with E-state index < -0.39 is 34.3 Å². The summed E-state index contributed by atoms with van der Waals surface area (Å²) in [5, 5.41) is 0. The second kappa shape index (κ2) is 11.3. The van der Waals surface area contributed by atoms with Gasteiger partial charge in [0.2, 0.25) is 0 Å². The SMILES string of the molecule is CC(C)(CCl)C(Br)(Br)OP(=O)(OC(Br)(Br)C(C)(C)CCl)OC(Br)(Br)C(C)(C)CCl. The molecular formula is C15H24Br6Cl3O4P. The highest BCUT2D eigenvalue weighted by molar-refractivity contribution is 9.26. The van der Waals surface area contributed by atoms with Gasteiger partial charge in [-0.25, -0.2) is 4.57 Å². The molecule has 0 unspecified atom stereocenters. The van der Waals surface area contributed by atoms with Crippen LogP contribution in [0, 0.1) is 16.2 Å². The van der Waals surface area contributed by atoms with Crippen LogP contribution < -0.4 is 0 Å².